The fourth-order valence-electron chi connectivity index (χ4n) is 1.32. The smallest absolute Gasteiger partial charge is 0.234 e. The molecule has 0 bridgehead atoms. The van der Waals surface area contributed by atoms with Gasteiger partial charge in [0.15, 0.2) is 0 Å². The summed E-state index contributed by atoms with van der Waals surface area (Å²) in [6, 6.07) is 9.85. The Morgan fingerprint density at radius 2 is 2.12 bits per heavy atom. The molecule has 0 radical (unpaired) electrons. The molecule has 0 aliphatic carbocycles. The summed E-state index contributed by atoms with van der Waals surface area (Å²) >= 11 is 6.47. The van der Waals surface area contributed by atoms with Gasteiger partial charge in [0.05, 0.1) is 0 Å². The van der Waals surface area contributed by atoms with Gasteiger partial charge in [0, 0.05) is 5.69 Å². The molecule has 0 aliphatic rings. The first-order valence-electron chi connectivity index (χ1n) is 4.59. The summed E-state index contributed by atoms with van der Waals surface area (Å²) < 4.78 is 2.11. The highest BCUT2D eigenvalue weighted by Gasteiger charge is 2.05. The van der Waals surface area contributed by atoms with Crippen LogP contribution in [0, 0.1) is 4.77 Å². The zero-order valence-corrected chi connectivity index (χ0v) is 9.68. The molecule has 5 nitrogen and oxygen atoms in total. The minimum absolute atomic E-state index is 0.507. The number of nitrogens with one attached hydrogen (secondary N) is 2. The van der Waals surface area contributed by atoms with Crippen LogP contribution in [0.5, 0.6) is 0 Å². The predicted molar refractivity (Wildman–Crippen MR) is 65.8 cm³/mol. The van der Waals surface area contributed by atoms with Crippen LogP contribution >= 0.6 is 23.6 Å². The van der Waals surface area contributed by atoms with Gasteiger partial charge in [-0.3, -0.25) is 0 Å². The van der Waals surface area contributed by atoms with Crippen LogP contribution in [-0.4, -0.2) is 19.8 Å². The Bertz CT molecular complexity index is 666. The first-order valence-corrected chi connectivity index (χ1v) is 5.82. The minimum atomic E-state index is 0.507. The normalized spacial score (nSPS) is 10.8. The first kappa shape index (κ1) is 9.49. The van der Waals surface area contributed by atoms with Gasteiger partial charge in [0.2, 0.25) is 14.9 Å². The van der Waals surface area contributed by atoms with Gasteiger partial charge in [0.1, 0.15) is 0 Å². The molecule has 7 heteroatoms. The molecule has 2 heterocycles. The maximum atomic E-state index is 5.03. The van der Waals surface area contributed by atoms with Crippen LogP contribution in [0.2, 0.25) is 0 Å². The Morgan fingerprint density at radius 1 is 1.31 bits per heavy atom. The van der Waals surface area contributed by atoms with E-state index in [1.165, 1.54) is 11.3 Å². The molecule has 0 saturated heterocycles. The highest BCUT2D eigenvalue weighted by atomic mass is 32.1. The van der Waals surface area contributed by atoms with Crippen LogP contribution in [0.1, 0.15) is 0 Å². The van der Waals surface area contributed by atoms with Crippen molar-refractivity contribution in [1.29, 1.82) is 0 Å². The van der Waals surface area contributed by atoms with Crippen molar-refractivity contribution in [2.75, 3.05) is 5.32 Å². The molecule has 3 aromatic rings. The van der Waals surface area contributed by atoms with Crippen molar-refractivity contribution in [2.24, 2.45) is 0 Å². The molecule has 1 aromatic carbocycles. The van der Waals surface area contributed by atoms with Crippen molar-refractivity contribution < 1.29 is 0 Å². The van der Waals surface area contributed by atoms with Crippen molar-refractivity contribution in [3.8, 4) is 0 Å². The second-order valence-corrected chi connectivity index (χ2v) is 4.46. The molecule has 0 aliphatic heterocycles. The van der Waals surface area contributed by atoms with Gasteiger partial charge in [-0.2, -0.15) is 4.52 Å². The van der Waals surface area contributed by atoms with E-state index in [-0.39, 0.29) is 0 Å². The maximum Gasteiger partial charge on any atom is 0.234 e. The predicted octanol–water partition coefficient (Wildman–Crippen LogP) is 2.59. The Kier molecular flexibility index (Phi) is 2.19. The fraction of sp³-hybridized carbons (Fsp3) is 0. The number of anilines is 2. The number of rotatable bonds is 2. The Morgan fingerprint density at radius 3 is 2.88 bits per heavy atom. The van der Waals surface area contributed by atoms with Gasteiger partial charge >= 0.3 is 0 Å². The maximum absolute atomic E-state index is 5.03. The van der Waals surface area contributed by atoms with E-state index in [2.05, 4.69) is 20.6 Å². The number of hydrogen-bond acceptors (Lipinski definition) is 5. The summed E-state index contributed by atoms with van der Waals surface area (Å²) in [5.74, 6) is 0. The highest BCUT2D eigenvalue weighted by molar-refractivity contribution is 7.71. The number of hydrogen-bond donors (Lipinski definition) is 2. The van der Waals surface area contributed by atoms with E-state index in [1.807, 2.05) is 30.3 Å². The molecule has 0 amide bonds. The van der Waals surface area contributed by atoms with Crippen molar-refractivity contribution in [3.63, 3.8) is 0 Å². The van der Waals surface area contributed by atoms with E-state index in [1.54, 1.807) is 4.52 Å². The largest absolute Gasteiger partial charge is 0.330 e. The van der Waals surface area contributed by atoms with Gasteiger partial charge in [-0.25, -0.2) is 5.10 Å². The molecule has 0 unspecified atom stereocenters. The van der Waals surface area contributed by atoms with E-state index in [4.69, 9.17) is 12.2 Å². The summed E-state index contributed by atoms with van der Waals surface area (Å²) in [7, 11) is 0. The second-order valence-electron chi connectivity index (χ2n) is 3.12. The molecular weight excluding hydrogens is 242 g/mol. The van der Waals surface area contributed by atoms with E-state index in [9.17, 15) is 0 Å². The van der Waals surface area contributed by atoms with Gasteiger partial charge in [-0.15, -0.1) is 10.2 Å². The van der Waals surface area contributed by atoms with Crippen LogP contribution in [0.25, 0.3) is 4.96 Å². The third kappa shape index (κ3) is 1.59. The van der Waals surface area contributed by atoms with E-state index >= 15 is 0 Å². The average Bonchev–Trinajstić information content (AvgIpc) is 2.83. The highest BCUT2D eigenvalue weighted by Crippen LogP contribution is 2.21. The standard InChI is InChI=1S/C9H7N5S2/c15-8-11-12-9-14(8)13-7(16-9)10-6-4-2-1-3-5-6/h1-5H,(H,10,13)(H,11,15). The SMILES string of the molecule is S=c1[nH]nc2sc(Nc3ccccc3)nn12. The van der Waals surface area contributed by atoms with Gasteiger partial charge in [-0.1, -0.05) is 29.5 Å². The lowest BCUT2D eigenvalue weighted by Crippen LogP contribution is -1.91. The molecule has 0 spiro atoms. The van der Waals surface area contributed by atoms with E-state index in [0.29, 0.717) is 4.77 Å². The number of benzene rings is 1. The number of aromatic nitrogens is 4. The quantitative estimate of drug-likeness (QED) is 0.685. The number of H-pyrrole nitrogens is 1. The lowest BCUT2D eigenvalue weighted by molar-refractivity contribution is 0.939. The Labute approximate surface area is 99.8 Å². The molecule has 2 aromatic heterocycles. The van der Waals surface area contributed by atoms with Crippen molar-refractivity contribution in [2.45, 2.75) is 0 Å². The van der Waals surface area contributed by atoms with Crippen LogP contribution in [0.15, 0.2) is 30.3 Å². The van der Waals surface area contributed by atoms with Gasteiger partial charge < -0.3 is 5.32 Å². The van der Waals surface area contributed by atoms with Crippen LogP contribution in [0.4, 0.5) is 10.8 Å². The number of nitrogens with zero attached hydrogens (tertiary/aromatic N) is 3. The lowest BCUT2D eigenvalue weighted by Gasteiger charge is -1.99. The van der Waals surface area contributed by atoms with E-state index in [0.717, 1.165) is 15.8 Å². The van der Waals surface area contributed by atoms with E-state index < -0.39 is 0 Å². The van der Waals surface area contributed by atoms with Crippen LogP contribution in [-0.2, 0) is 0 Å². The van der Waals surface area contributed by atoms with Crippen molar-refractivity contribution in [3.05, 3.63) is 35.1 Å². The Hall–Kier alpha value is -1.73. The lowest BCUT2D eigenvalue weighted by atomic mass is 10.3. The van der Waals surface area contributed by atoms with Crippen molar-refractivity contribution in [1.82, 2.24) is 19.8 Å². The molecule has 0 fully saturated rings. The molecular formula is C9H7N5S2. The summed E-state index contributed by atoms with van der Waals surface area (Å²) in [5.41, 5.74) is 0.995. The fourth-order valence-corrected chi connectivity index (χ4v) is 2.33. The monoisotopic (exact) mass is 249 g/mol. The number of para-hydroxylation sites is 1. The summed E-state index contributed by atoms with van der Waals surface area (Å²) in [6.07, 6.45) is 0. The van der Waals surface area contributed by atoms with Crippen LogP contribution < -0.4 is 5.32 Å². The summed E-state index contributed by atoms with van der Waals surface area (Å²) in [5, 5.41) is 15.0. The zero-order valence-electron chi connectivity index (χ0n) is 8.04. The van der Waals surface area contributed by atoms with Crippen molar-refractivity contribution >= 4 is 39.3 Å². The molecule has 16 heavy (non-hydrogen) atoms. The summed E-state index contributed by atoms with van der Waals surface area (Å²) in [4.78, 5) is 0.753. The Balaban J connectivity index is 1.98. The zero-order chi connectivity index (χ0) is 11.0. The average molecular weight is 249 g/mol. The molecule has 80 valence electrons. The molecule has 0 atom stereocenters. The summed E-state index contributed by atoms with van der Waals surface area (Å²) in [6.45, 7) is 0. The van der Waals surface area contributed by atoms with Gasteiger partial charge in [-0.05, 0) is 24.4 Å². The minimum Gasteiger partial charge on any atom is -0.330 e. The third-order valence-electron chi connectivity index (χ3n) is 2.02. The molecule has 3 rings (SSSR count). The number of fused-ring (bicyclic) bond motifs is 1. The molecule has 0 saturated carbocycles. The second kappa shape index (κ2) is 3.69. The number of aromatic amines is 1. The van der Waals surface area contributed by atoms with Gasteiger partial charge in [0.25, 0.3) is 0 Å². The topological polar surface area (TPSA) is 58.0 Å². The molecule has 2 N–H and O–H groups in total. The van der Waals surface area contributed by atoms with Crippen LogP contribution in [0.3, 0.4) is 0 Å². The third-order valence-corrected chi connectivity index (χ3v) is 3.11. The first-order chi connectivity index (χ1) is 7.83.